The van der Waals surface area contributed by atoms with Crippen LogP contribution in [0, 0.1) is 24.0 Å². The summed E-state index contributed by atoms with van der Waals surface area (Å²) in [4.78, 5) is 17.6. The molecule has 104 valence electrons. The summed E-state index contributed by atoms with van der Waals surface area (Å²) in [5.41, 5.74) is 6.99. The van der Waals surface area contributed by atoms with Crippen LogP contribution in [0.1, 0.15) is 11.1 Å². The second-order valence-corrected chi connectivity index (χ2v) is 4.94. The summed E-state index contributed by atoms with van der Waals surface area (Å²) < 4.78 is 6.43. The van der Waals surface area contributed by atoms with E-state index in [1.54, 1.807) is 12.1 Å². The fraction of sp³-hybridized carbons (Fsp3) is 0.167. The lowest BCUT2D eigenvalue weighted by Crippen LogP contribution is -2.01. The van der Waals surface area contributed by atoms with Gasteiger partial charge in [0.15, 0.2) is 0 Å². The smallest absolute Gasteiger partial charge is 0.349 e. The molecular weight excluding hydrogens is 328 g/mol. The van der Waals surface area contributed by atoms with E-state index in [4.69, 9.17) is 10.5 Å². The molecule has 7 nitrogen and oxygen atoms in total. The minimum Gasteiger partial charge on any atom is -0.434 e. The summed E-state index contributed by atoms with van der Waals surface area (Å²) in [5.74, 6) is 0.184. The van der Waals surface area contributed by atoms with E-state index in [0.717, 1.165) is 21.8 Å². The first-order valence-corrected chi connectivity index (χ1v) is 6.39. The van der Waals surface area contributed by atoms with E-state index in [2.05, 4.69) is 25.9 Å². The highest BCUT2D eigenvalue weighted by molar-refractivity contribution is 9.10. The van der Waals surface area contributed by atoms with Crippen LogP contribution < -0.4 is 10.5 Å². The Balaban J connectivity index is 2.44. The van der Waals surface area contributed by atoms with Crippen LogP contribution >= 0.6 is 15.9 Å². The first kappa shape index (κ1) is 14.2. The number of anilines is 1. The van der Waals surface area contributed by atoms with Gasteiger partial charge in [0.25, 0.3) is 0 Å². The molecule has 0 amide bonds. The molecule has 0 bridgehead atoms. The monoisotopic (exact) mass is 338 g/mol. The highest BCUT2D eigenvalue weighted by atomic mass is 79.9. The van der Waals surface area contributed by atoms with E-state index in [1.165, 1.54) is 0 Å². The van der Waals surface area contributed by atoms with Gasteiger partial charge < -0.3 is 10.5 Å². The number of nitrogen functional groups attached to an aromatic ring is 1. The predicted molar refractivity (Wildman–Crippen MR) is 76.8 cm³/mol. The van der Waals surface area contributed by atoms with Gasteiger partial charge in [-0.05, 0) is 37.1 Å². The number of nitrogens with zero attached hydrogens (tertiary/aromatic N) is 3. The Hall–Kier alpha value is -2.22. The third-order valence-corrected chi connectivity index (χ3v) is 3.83. The minimum absolute atomic E-state index is 0.0869. The minimum atomic E-state index is -0.618. The number of benzene rings is 1. The molecule has 2 rings (SSSR count). The van der Waals surface area contributed by atoms with Crippen LogP contribution in [-0.4, -0.2) is 14.9 Å². The SMILES string of the molecule is Cc1cc(Oc2nc(N)ncc2[N+](=O)[O-])cc(C)c1Br. The number of aryl methyl sites for hydroxylation is 2. The molecule has 8 heteroatoms. The van der Waals surface area contributed by atoms with Crippen molar-refractivity contribution in [3.05, 3.63) is 44.0 Å². The summed E-state index contributed by atoms with van der Waals surface area (Å²) in [7, 11) is 0. The van der Waals surface area contributed by atoms with Crippen molar-refractivity contribution in [2.75, 3.05) is 5.73 Å². The first-order chi connectivity index (χ1) is 9.38. The lowest BCUT2D eigenvalue weighted by Gasteiger charge is -2.09. The molecule has 2 aromatic rings. The molecule has 20 heavy (non-hydrogen) atoms. The van der Waals surface area contributed by atoms with Crippen molar-refractivity contribution in [2.45, 2.75) is 13.8 Å². The maximum absolute atomic E-state index is 10.9. The molecule has 0 aliphatic carbocycles. The lowest BCUT2D eigenvalue weighted by molar-refractivity contribution is -0.386. The Kier molecular flexibility index (Phi) is 3.84. The summed E-state index contributed by atoms with van der Waals surface area (Å²) in [5, 5.41) is 10.9. The average Bonchev–Trinajstić information content (AvgIpc) is 2.35. The van der Waals surface area contributed by atoms with E-state index < -0.39 is 4.92 Å². The van der Waals surface area contributed by atoms with E-state index >= 15 is 0 Å². The maximum atomic E-state index is 10.9. The molecule has 0 radical (unpaired) electrons. The second kappa shape index (κ2) is 5.41. The number of nitrogens with two attached hydrogens (primary N) is 1. The molecule has 2 N–H and O–H groups in total. The number of rotatable bonds is 3. The van der Waals surface area contributed by atoms with Gasteiger partial charge in [-0.1, -0.05) is 15.9 Å². The van der Waals surface area contributed by atoms with Gasteiger partial charge in [0.05, 0.1) is 4.92 Å². The molecule has 0 unspecified atom stereocenters. The van der Waals surface area contributed by atoms with E-state index in [9.17, 15) is 10.1 Å². The Morgan fingerprint density at radius 2 is 1.95 bits per heavy atom. The molecule has 1 heterocycles. The summed E-state index contributed by atoms with van der Waals surface area (Å²) in [6, 6.07) is 3.50. The average molecular weight is 339 g/mol. The number of hydrogen-bond acceptors (Lipinski definition) is 6. The van der Waals surface area contributed by atoms with Crippen molar-refractivity contribution in [1.82, 2.24) is 9.97 Å². The molecule has 0 atom stereocenters. The van der Waals surface area contributed by atoms with Crippen LogP contribution in [0.25, 0.3) is 0 Å². The largest absolute Gasteiger partial charge is 0.434 e. The fourth-order valence-corrected chi connectivity index (χ4v) is 1.88. The molecule has 0 spiro atoms. The molecule has 0 aliphatic rings. The Labute approximate surface area is 123 Å². The Morgan fingerprint density at radius 3 is 2.50 bits per heavy atom. The molecule has 1 aromatic carbocycles. The van der Waals surface area contributed by atoms with Gasteiger partial charge in [-0.3, -0.25) is 10.1 Å². The summed E-state index contributed by atoms with van der Waals surface area (Å²) in [6.07, 6.45) is 1.02. The number of hydrogen-bond donors (Lipinski definition) is 1. The predicted octanol–water partition coefficient (Wildman–Crippen LogP) is 3.14. The van der Waals surface area contributed by atoms with Crippen LogP contribution in [0.3, 0.4) is 0 Å². The van der Waals surface area contributed by atoms with Gasteiger partial charge in [-0.25, -0.2) is 4.98 Å². The second-order valence-electron chi connectivity index (χ2n) is 4.15. The Bertz CT molecular complexity index is 667. The van der Waals surface area contributed by atoms with E-state index in [1.807, 2.05) is 13.8 Å². The van der Waals surface area contributed by atoms with Gasteiger partial charge in [-0.2, -0.15) is 4.98 Å². The molecule has 1 aromatic heterocycles. The number of ether oxygens (including phenoxy) is 1. The number of halogens is 1. The topological polar surface area (TPSA) is 104 Å². The fourth-order valence-electron chi connectivity index (χ4n) is 1.65. The summed E-state index contributed by atoms with van der Waals surface area (Å²) >= 11 is 3.44. The van der Waals surface area contributed by atoms with Gasteiger partial charge in [0.1, 0.15) is 11.9 Å². The van der Waals surface area contributed by atoms with Crippen LogP contribution in [0.2, 0.25) is 0 Å². The molecule has 0 fully saturated rings. The van der Waals surface area contributed by atoms with Crippen LogP contribution in [0.4, 0.5) is 11.6 Å². The van der Waals surface area contributed by atoms with Crippen molar-refractivity contribution in [3.63, 3.8) is 0 Å². The van der Waals surface area contributed by atoms with Crippen molar-refractivity contribution in [1.29, 1.82) is 0 Å². The van der Waals surface area contributed by atoms with Gasteiger partial charge in [0, 0.05) is 4.47 Å². The zero-order valence-electron chi connectivity index (χ0n) is 10.8. The lowest BCUT2D eigenvalue weighted by atomic mass is 10.1. The Morgan fingerprint density at radius 1 is 1.35 bits per heavy atom. The van der Waals surface area contributed by atoms with Crippen molar-refractivity contribution in [3.8, 4) is 11.6 Å². The third kappa shape index (κ3) is 2.85. The normalized spacial score (nSPS) is 10.3. The molecule has 0 aliphatic heterocycles. The third-order valence-electron chi connectivity index (χ3n) is 2.58. The van der Waals surface area contributed by atoms with E-state index in [-0.39, 0.29) is 17.5 Å². The first-order valence-electron chi connectivity index (χ1n) is 5.60. The van der Waals surface area contributed by atoms with Crippen molar-refractivity contribution < 1.29 is 9.66 Å². The quantitative estimate of drug-likeness (QED) is 0.680. The number of nitro groups is 1. The highest BCUT2D eigenvalue weighted by Crippen LogP contribution is 2.32. The van der Waals surface area contributed by atoms with Gasteiger partial charge in [-0.15, -0.1) is 0 Å². The zero-order chi connectivity index (χ0) is 14.9. The van der Waals surface area contributed by atoms with Gasteiger partial charge >= 0.3 is 11.6 Å². The maximum Gasteiger partial charge on any atom is 0.349 e. The zero-order valence-corrected chi connectivity index (χ0v) is 12.3. The van der Waals surface area contributed by atoms with Gasteiger partial charge in [0.2, 0.25) is 5.95 Å². The highest BCUT2D eigenvalue weighted by Gasteiger charge is 2.19. The number of aromatic nitrogens is 2. The van der Waals surface area contributed by atoms with Crippen LogP contribution in [-0.2, 0) is 0 Å². The van der Waals surface area contributed by atoms with Crippen molar-refractivity contribution >= 4 is 27.6 Å². The van der Waals surface area contributed by atoms with Crippen LogP contribution in [0.5, 0.6) is 11.6 Å². The molecular formula is C12H11BrN4O3. The van der Waals surface area contributed by atoms with Crippen LogP contribution in [0.15, 0.2) is 22.8 Å². The van der Waals surface area contributed by atoms with Crippen molar-refractivity contribution in [2.24, 2.45) is 0 Å². The molecule has 0 saturated heterocycles. The standard InChI is InChI=1S/C12H11BrN4O3/c1-6-3-8(4-7(2)10(6)13)20-11-9(17(18)19)5-15-12(14)16-11/h3-5H,1-2H3,(H2,14,15,16). The summed E-state index contributed by atoms with van der Waals surface area (Å²) in [6.45, 7) is 3.79. The van der Waals surface area contributed by atoms with E-state index in [0.29, 0.717) is 5.75 Å². The molecule has 0 saturated carbocycles.